The van der Waals surface area contributed by atoms with E-state index in [1.54, 1.807) is 19.2 Å². The molecule has 2 N–H and O–H groups in total. The van der Waals surface area contributed by atoms with Gasteiger partial charge in [-0.15, -0.1) is 11.3 Å². The molecule has 0 saturated heterocycles. The molecule has 0 fully saturated rings. The van der Waals surface area contributed by atoms with Crippen LogP contribution in [0.5, 0.6) is 0 Å². The van der Waals surface area contributed by atoms with Crippen molar-refractivity contribution < 1.29 is 14.3 Å². The Balaban J connectivity index is 2.26. The van der Waals surface area contributed by atoms with Gasteiger partial charge in [0, 0.05) is 10.4 Å². The van der Waals surface area contributed by atoms with Gasteiger partial charge in [0.1, 0.15) is 11.2 Å². The number of rotatable bonds is 4. The number of aliphatic carboxylic acids is 1. The molecule has 2 rings (SSSR count). The highest BCUT2D eigenvalue weighted by Crippen LogP contribution is 2.30. The summed E-state index contributed by atoms with van der Waals surface area (Å²) in [7, 11) is 0. The van der Waals surface area contributed by atoms with Crippen molar-refractivity contribution in [2.45, 2.75) is 19.3 Å². The Morgan fingerprint density at radius 1 is 1.50 bits per heavy atom. The van der Waals surface area contributed by atoms with E-state index in [9.17, 15) is 9.18 Å². The minimum atomic E-state index is -1.09. The number of hydrogen-bond donors (Lipinski definition) is 2. The maximum Gasteiger partial charge on any atom is 0.315 e. The van der Waals surface area contributed by atoms with Crippen molar-refractivity contribution in [3.05, 3.63) is 40.1 Å². The van der Waals surface area contributed by atoms with Crippen LogP contribution in [0, 0.1) is 5.82 Å². The van der Waals surface area contributed by atoms with Gasteiger partial charge in [0.15, 0.2) is 5.13 Å². The lowest BCUT2D eigenvalue weighted by Gasteiger charge is -2.15. The molecule has 0 spiro atoms. The van der Waals surface area contributed by atoms with Gasteiger partial charge in [-0.25, -0.2) is 9.37 Å². The predicted octanol–water partition coefficient (Wildman–Crippen LogP) is 4.04. The van der Waals surface area contributed by atoms with Gasteiger partial charge >= 0.3 is 5.97 Å². The summed E-state index contributed by atoms with van der Waals surface area (Å²) in [5.74, 6) is -1.42. The van der Waals surface area contributed by atoms with E-state index in [1.165, 1.54) is 29.5 Å². The second-order valence-corrected chi connectivity index (χ2v) is 6.01. The van der Waals surface area contributed by atoms with Gasteiger partial charge in [0.2, 0.25) is 0 Å². The Morgan fingerprint density at radius 2 is 2.20 bits per heavy atom. The van der Waals surface area contributed by atoms with Crippen LogP contribution in [-0.4, -0.2) is 16.1 Å². The van der Waals surface area contributed by atoms with Crippen molar-refractivity contribution in [2.75, 3.05) is 5.32 Å². The summed E-state index contributed by atoms with van der Waals surface area (Å²) in [5.41, 5.74) is -0.477. The Labute approximate surface area is 124 Å². The quantitative estimate of drug-likeness (QED) is 0.894. The average Bonchev–Trinajstić information content (AvgIpc) is 2.83. The first-order valence-electron chi connectivity index (χ1n) is 5.72. The lowest BCUT2D eigenvalue weighted by molar-refractivity contribution is -0.142. The smallest absolute Gasteiger partial charge is 0.315 e. The van der Waals surface area contributed by atoms with Crippen LogP contribution >= 0.6 is 22.9 Å². The highest BCUT2D eigenvalue weighted by molar-refractivity contribution is 7.13. The Morgan fingerprint density at radius 3 is 2.85 bits per heavy atom. The van der Waals surface area contributed by atoms with Crippen LogP contribution in [0.2, 0.25) is 5.02 Å². The fraction of sp³-hybridized carbons (Fsp3) is 0.231. The fourth-order valence-electron chi connectivity index (χ4n) is 1.44. The van der Waals surface area contributed by atoms with Crippen LogP contribution in [0.1, 0.15) is 19.5 Å². The SMILES string of the molecule is CC(C)(C(=O)O)c1csc(Nc2cc(Cl)ccc2F)n1. The molecule has 0 aliphatic carbocycles. The maximum absolute atomic E-state index is 13.6. The monoisotopic (exact) mass is 314 g/mol. The number of nitrogens with one attached hydrogen (secondary N) is 1. The highest BCUT2D eigenvalue weighted by Gasteiger charge is 2.32. The molecule has 20 heavy (non-hydrogen) atoms. The third-order valence-electron chi connectivity index (χ3n) is 2.85. The zero-order valence-electron chi connectivity index (χ0n) is 10.8. The molecule has 4 nitrogen and oxygen atoms in total. The highest BCUT2D eigenvalue weighted by atomic mass is 35.5. The molecule has 2 aromatic rings. The summed E-state index contributed by atoms with van der Waals surface area (Å²) in [6.07, 6.45) is 0. The third-order valence-corrected chi connectivity index (χ3v) is 3.84. The van der Waals surface area contributed by atoms with Crippen LogP contribution in [0.25, 0.3) is 0 Å². The molecule has 0 amide bonds. The lowest BCUT2D eigenvalue weighted by Crippen LogP contribution is -2.28. The van der Waals surface area contributed by atoms with E-state index in [2.05, 4.69) is 10.3 Å². The summed E-state index contributed by atoms with van der Waals surface area (Å²) in [6, 6.07) is 4.14. The molecule has 0 aliphatic rings. The number of thiazole rings is 1. The molecule has 0 saturated carbocycles. The number of benzene rings is 1. The third kappa shape index (κ3) is 2.91. The number of hydrogen-bond acceptors (Lipinski definition) is 4. The molecule has 1 aromatic carbocycles. The van der Waals surface area contributed by atoms with Gasteiger partial charge in [-0.05, 0) is 32.0 Å². The summed E-state index contributed by atoms with van der Waals surface area (Å²) in [6.45, 7) is 3.13. The first-order valence-corrected chi connectivity index (χ1v) is 6.98. The predicted molar refractivity (Wildman–Crippen MR) is 77.5 cm³/mol. The van der Waals surface area contributed by atoms with Crippen molar-refractivity contribution in [3.63, 3.8) is 0 Å². The number of anilines is 2. The molecule has 106 valence electrons. The van der Waals surface area contributed by atoms with E-state index in [1.807, 2.05) is 0 Å². The first kappa shape index (κ1) is 14.7. The Bertz CT molecular complexity index is 658. The standard InChI is InChI=1S/C13H12ClFN2O2S/c1-13(2,11(18)19)10-6-20-12(17-10)16-9-5-7(14)3-4-8(9)15/h3-6H,1-2H3,(H,16,17)(H,18,19). The van der Waals surface area contributed by atoms with E-state index in [0.717, 1.165) is 0 Å². The zero-order valence-corrected chi connectivity index (χ0v) is 12.3. The summed E-state index contributed by atoms with van der Waals surface area (Å²) in [4.78, 5) is 15.3. The van der Waals surface area contributed by atoms with Crippen LogP contribution in [-0.2, 0) is 10.2 Å². The Kier molecular flexibility index (Phi) is 3.96. The van der Waals surface area contributed by atoms with Crippen LogP contribution in [0.15, 0.2) is 23.6 Å². The topological polar surface area (TPSA) is 62.2 Å². The minimum absolute atomic E-state index is 0.200. The molecular formula is C13H12ClFN2O2S. The number of aromatic nitrogens is 1. The van der Waals surface area contributed by atoms with Crippen molar-refractivity contribution in [2.24, 2.45) is 0 Å². The number of carboxylic acids is 1. The van der Waals surface area contributed by atoms with E-state index in [4.69, 9.17) is 16.7 Å². The van der Waals surface area contributed by atoms with Crippen LogP contribution in [0.4, 0.5) is 15.2 Å². The van der Waals surface area contributed by atoms with Crippen LogP contribution in [0.3, 0.4) is 0 Å². The molecule has 0 bridgehead atoms. The average molecular weight is 315 g/mol. The fourth-order valence-corrected chi connectivity index (χ4v) is 2.50. The summed E-state index contributed by atoms with van der Waals surface area (Å²) in [5, 5.41) is 14.4. The lowest BCUT2D eigenvalue weighted by atomic mass is 9.90. The number of carboxylic acid groups (broad SMARTS) is 1. The molecule has 0 aliphatic heterocycles. The van der Waals surface area contributed by atoms with Crippen molar-refractivity contribution >= 4 is 39.7 Å². The normalized spacial score (nSPS) is 11.4. The van der Waals surface area contributed by atoms with Gasteiger partial charge in [0.05, 0.1) is 11.4 Å². The van der Waals surface area contributed by atoms with Crippen LogP contribution < -0.4 is 5.32 Å². The van der Waals surface area contributed by atoms with Gasteiger partial charge in [-0.2, -0.15) is 0 Å². The largest absolute Gasteiger partial charge is 0.481 e. The van der Waals surface area contributed by atoms with E-state index in [-0.39, 0.29) is 5.69 Å². The van der Waals surface area contributed by atoms with Crippen molar-refractivity contribution in [1.29, 1.82) is 0 Å². The molecular weight excluding hydrogens is 303 g/mol. The van der Waals surface area contributed by atoms with E-state index >= 15 is 0 Å². The van der Waals surface area contributed by atoms with Crippen molar-refractivity contribution in [1.82, 2.24) is 4.98 Å². The van der Waals surface area contributed by atoms with Gasteiger partial charge in [-0.1, -0.05) is 11.6 Å². The maximum atomic E-state index is 13.6. The second kappa shape index (κ2) is 5.38. The molecule has 1 heterocycles. The Hall–Kier alpha value is -1.66. The minimum Gasteiger partial charge on any atom is -0.481 e. The zero-order chi connectivity index (χ0) is 14.9. The van der Waals surface area contributed by atoms with E-state index < -0.39 is 17.2 Å². The van der Waals surface area contributed by atoms with Gasteiger partial charge < -0.3 is 10.4 Å². The molecule has 7 heteroatoms. The van der Waals surface area contributed by atoms with Gasteiger partial charge in [-0.3, -0.25) is 4.79 Å². The summed E-state index contributed by atoms with van der Waals surface area (Å²) < 4.78 is 13.6. The first-order chi connectivity index (χ1) is 9.30. The number of nitrogens with zero attached hydrogens (tertiary/aromatic N) is 1. The van der Waals surface area contributed by atoms with Crippen molar-refractivity contribution in [3.8, 4) is 0 Å². The number of halogens is 2. The second-order valence-electron chi connectivity index (χ2n) is 4.72. The molecule has 0 unspecified atom stereocenters. The molecule has 0 atom stereocenters. The molecule has 1 aromatic heterocycles. The molecule has 0 radical (unpaired) electrons. The van der Waals surface area contributed by atoms with Gasteiger partial charge in [0.25, 0.3) is 0 Å². The number of carbonyl (C=O) groups is 1. The summed E-state index contributed by atoms with van der Waals surface area (Å²) >= 11 is 7.01. The van der Waals surface area contributed by atoms with E-state index in [0.29, 0.717) is 15.8 Å².